The lowest BCUT2D eigenvalue weighted by molar-refractivity contribution is -0.384. The number of amides is 1. The molecule has 0 unspecified atom stereocenters. The highest BCUT2D eigenvalue weighted by molar-refractivity contribution is 8.15. The lowest BCUT2D eigenvalue weighted by Gasteiger charge is -2.09. The molecule has 1 aliphatic rings. The van der Waals surface area contributed by atoms with Crippen LogP contribution in [0, 0.1) is 15.9 Å². The minimum atomic E-state index is -0.535. The molecule has 0 spiro atoms. The molecule has 138 valence electrons. The van der Waals surface area contributed by atoms with Gasteiger partial charge in [0.2, 0.25) is 5.91 Å². The van der Waals surface area contributed by atoms with Gasteiger partial charge in [-0.15, -0.1) is 5.10 Å². The summed E-state index contributed by atoms with van der Waals surface area (Å²) in [6, 6.07) is 9.97. The summed E-state index contributed by atoms with van der Waals surface area (Å²) < 4.78 is 18.9. The van der Waals surface area contributed by atoms with Gasteiger partial charge in [-0.2, -0.15) is 5.10 Å². The van der Waals surface area contributed by atoms with E-state index in [1.54, 1.807) is 12.1 Å². The second-order valence-corrected chi connectivity index (χ2v) is 6.35. The Morgan fingerprint density at radius 1 is 1.33 bits per heavy atom. The zero-order valence-corrected chi connectivity index (χ0v) is 14.6. The van der Waals surface area contributed by atoms with Crippen molar-refractivity contribution >= 4 is 34.7 Å². The summed E-state index contributed by atoms with van der Waals surface area (Å²) in [6.45, 7) is 0.0802. The Morgan fingerprint density at radius 2 is 2.19 bits per heavy atom. The van der Waals surface area contributed by atoms with Crippen molar-refractivity contribution in [1.29, 1.82) is 0 Å². The Balaban J connectivity index is 1.80. The molecule has 0 saturated carbocycles. The Morgan fingerprint density at radius 3 is 2.89 bits per heavy atom. The van der Waals surface area contributed by atoms with Gasteiger partial charge in [-0.1, -0.05) is 23.9 Å². The normalized spacial score (nSPS) is 15.3. The summed E-state index contributed by atoms with van der Waals surface area (Å²) in [4.78, 5) is 21.6. The second kappa shape index (κ2) is 8.41. The van der Waals surface area contributed by atoms with Crippen LogP contribution in [0.15, 0.2) is 52.7 Å². The topological polar surface area (TPSA) is 106 Å². The number of hydrogen-bond acceptors (Lipinski definition) is 7. The summed E-state index contributed by atoms with van der Waals surface area (Å²) in [5.74, 6) is 0.0570. The van der Waals surface area contributed by atoms with Crippen LogP contribution in [0.1, 0.15) is 11.1 Å². The van der Waals surface area contributed by atoms with Gasteiger partial charge in [-0.25, -0.2) is 4.39 Å². The maximum Gasteiger partial charge on any atom is 0.270 e. The molecule has 2 aromatic carbocycles. The van der Waals surface area contributed by atoms with Gasteiger partial charge in [0.05, 0.1) is 16.9 Å². The highest BCUT2D eigenvalue weighted by Crippen LogP contribution is 2.24. The van der Waals surface area contributed by atoms with Crippen molar-refractivity contribution in [1.82, 2.24) is 5.32 Å². The van der Waals surface area contributed by atoms with Crippen molar-refractivity contribution in [3.8, 4) is 5.75 Å². The first-order valence-corrected chi connectivity index (χ1v) is 8.69. The molecule has 1 N–H and O–H groups in total. The zero-order valence-electron chi connectivity index (χ0n) is 13.8. The minimum Gasteiger partial charge on any atom is -0.488 e. The van der Waals surface area contributed by atoms with Gasteiger partial charge in [0.1, 0.15) is 18.2 Å². The lowest BCUT2D eigenvalue weighted by atomic mass is 10.2. The van der Waals surface area contributed by atoms with E-state index in [1.807, 2.05) is 0 Å². The molecule has 2 aromatic rings. The molecule has 1 saturated heterocycles. The summed E-state index contributed by atoms with van der Waals surface area (Å²) in [5, 5.41) is 21.6. The van der Waals surface area contributed by atoms with Crippen molar-refractivity contribution in [3.63, 3.8) is 0 Å². The number of rotatable bonds is 6. The number of carbonyl (C=O) groups is 1. The van der Waals surface area contributed by atoms with Crippen molar-refractivity contribution in [3.05, 3.63) is 69.5 Å². The van der Waals surface area contributed by atoms with E-state index in [1.165, 1.54) is 48.3 Å². The summed E-state index contributed by atoms with van der Waals surface area (Å²) in [7, 11) is 0. The Bertz CT molecular complexity index is 948. The molecule has 0 aromatic heterocycles. The van der Waals surface area contributed by atoms with Crippen LogP contribution in [0.25, 0.3) is 0 Å². The molecule has 1 aliphatic heterocycles. The van der Waals surface area contributed by atoms with E-state index in [9.17, 15) is 19.3 Å². The first-order chi connectivity index (χ1) is 13.0. The fraction of sp³-hybridized carbons (Fsp3) is 0.118. The van der Waals surface area contributed by atoms with E-state index >= 15 is 0 Å². The molecule has 8 nitrogen and oxygen atoms in total. The molecule has 27 heavy (non-hydrogen) atoms. The van der Waals surface area contributed by atoms with Crippen LogP contribution in [0.2, 0.25) is 0 Å². The number of non-ortho nitro benzene ring substituents is 1. The summed E-state index contributed by atoms with van der Waals surface area (Å²) >= 11 is 1.21. The number of amidine groups is 1. The minimum absolute atomic E-state index is 0.0802. The number of nitro groups is 1. The summed E-state index contributed by atoms with van der Waals surface area (Å²) in [6.07, 6.45) is 1.30. The SMILES string of the molecule is O=C1CSC(=NN=Cc2cc([N+](=O)[O-])ccc2OCc2cccc(F)c2)N1. The van der Waals surface area contributed by atoms with Crippen LogP contribution in [-0.2, 0) is 11.4 Å². The molecular formula is C17H13FN4O4S. The number of benzene rings is 2. The van der Waals surface area contributed by atoms with E-state index in [4.69, 9.17) is 4.74 Å². The average Bonchev–Trinajstić information content (AvgIpc) is 3.05. The first-order valence-electron chi connectivity index (χ1n) is 7.70. The third-order valence-corrected chi connectivity index (χ3v) is 4.28. The van der Waals surface area contributed by atoms with Gasteiger partial charge in [-0.3, -0.25) is 14.9 Å². The Kier molecular flexibility index (Phi) is 5.77. The monoisotopic (exact) mass is 388 g/mol. The molecule has 10 heteroatoms. The Labute approximate surface area is 157 Å². The number of nitrogens with one attached hydrogen (secondary N) is 1. The maximum atomic E-state index is 13.3. The largest absolute Gasteiger partial charge is 0.488 e. The van der Waals surface area contributed by atoms with Crippen LogP contribution in [0.3, 0.4) is 0 Å². The van der Waals surface area contributed by atoms with E-state index in [-0.39, 0.29) is 29.8 Å². The van der Waals surface area contributed by atoms with Crippen LogP contribution in [0.5, 0.6) is 5.75 Å². The molecule has 0 atom stereocenters. The third kappa shape index (κ3) is 5.11. The number of nitrogens with zero attached hydrogens (tertiary/aromatic N) is 3. The highest BCUT2D eigenvalue weighted by atomic mass is 32.2. The quantitative estimate of drug-likeness (QED) is 0.465. The number of carbonyl (C=O) groups excluding carboxylic acids is 1. The molecule has 0 radical (unpaired) electrons. The zero-order chi connectivity index (χ0) is 19.2. The predicted octanol–water partition coefficient (Wildman–Crippen LogP) is 2.87. The van der Waals surface area contributed by atoms with Crippen molar-refractivity contribution in [2.75, 3.05) is 5.75 Å². The molecule has 1 heterocycles. The molecule has 1 fully saturated rings. The average molecular weight is 388 g/mol. The van der Waals surface area contributed by atoms with Gasteiger partial charge < -0.3 is 10.1 Å². The molecular weight excluding hydrogens is 375 g/mol. The van der Waals surface area contributed by atoms with Crippen LogP contribution < -0.4 is 10.1 Å². The number of halogens is 1. The van der Waals surface area contributed by atoms with E-state index in [2.05, 4.69) is 15.5 Å². The number of nitro benzene ring substituents is 1. The molecule has 1 amide bonds. The van der Waals surface area contributed by atoms with Crippen molar-refractivity contribution < 1.29 is 18.8 Å². The van der Waals surface area contributed by atoms with Crippen molar-refractivity contribution in [2.24, 2.45) is 10.2 Å². The first kappa shape index (κ1) is 18.5. The molecule has 0 aliphatic carbocycles. The number of ether oxygens (including phenoxy) is 1. The van der Waals surface area contributed by atoms with E-state index < -0.39 is 4.92 Å². The van der Waals surface area contributed by atoms with E-state index in [0.29, 0.717) is 22.0 Å². The predicted molar refractivity (Wildman–Crippen MR) is 99.5 cm³/mol. The number of thioether (sulfide) groups is 1. The van der Waals surface area contributed by atoms with E-state index in [0.717, 1.165) is 0 Å². The maximum absolute atomic E-state index is 13.3. The standard InChI is InChI=1S/C17H13FN4O4S/c18-13-3-1-2-11(6-13)9-26-15-5-4-14(22(24)25)7-12(15)8-19-21-17-20-16(23)10-27-17/h1-8H,9-10H2,(H,20,21,23). The molecule has 3 rings (SSSR count). The van der Waals surface area contributed by atoms with Gasteiger partial charge in [0.15, 0.2) is 5.17 Å². The summed E-state index contributed by atoms with van der Waals surface area (Å²) in [5.41, 5.74) is 0.812. The van der Waals surface area contributed by atoms with Gasteiger partial charge in [0, 0.05) is 17.7 Å². The van der Waals surface area contributed by atoms with Crippen LogP contribution in [0.4, 0.5) is 10.1 Å². The van der Waals surface area contributed by atoms with Crippen molar-refractivity contribution in [2.45, 2.75) is 6.61 Å². The fourth-order valence-electron chi connectivity index (χ4n) is 2.19. The Hall–Kier alpha value is -3.27. The van der Waals surface area contributed by atoms with Gasteiger partial charge in [-0.05, 0) is 23.8 Å². The number of hydrogen-bond donors (Lipinski definition) is 1. The van der Waals surface area contributed by atoms with Gasteiger partial charge in [0.25, 0.3) is 5.69 Å². The van der Waals surface area contributed by atoms with Gasteiger partial charge >= 0.3 is 0 Å². The fourth-order valence-corrected chi connectivity index (χ4v) is 2.82. The second-order valence-electron chi connectivity index (χ2n) is 5.38. The van der Waals surface area contributed by atoms with Crippen LogP contribution in [-0.4, -0.2) is 28.0 Å². The lowest BCUT2D eigenvalue weighted by Crippen LogP contribution is -2.19. The molecule has 0 bridgehead atoms. The highest BCUT2D eigenvalue weighted by Gasteiger charge is 2.16. The smallest absolute Gasteiger partial charge is 0.270 e. The van der Waals surface area contributed by atoms with Crippen LogP contribution >= 0.6 is 11.8 Å². The third-order valence-electron chi connectivity index (χ3n) is 3.42.